The van der Waals surface area contributed by atoms with Crippen molar-refractivity contribution in [2.24, 2.45) is 17.8 Å². The highest BCUT2D eigenvalue weighted by atomic mass is 14.9. The Kier molecular flexibility index (Phi) is 5.66. The van der Waals surface area contributed by atoms with Crippen LogP contribution in [0.15, 0.2) is 0 Å². The summed E-state index contributed by atoms with van der Waals surface area (Å²) in [7, 11) is 0. The van der Waals surface area contributed by atoms with Crippen LogP contribution in [0.4, 0.5) is 0 Å². The van der Waals surface area contributed by atoms with Gasteiger partial charge in [0.1, 0.15) is 0 Å². The normalized spacial score (nSPS) is 27.0. The number of rotatable bonds is 8. The van der Waals surface area contributed by atoms with E-state index in [4.69, 9.17) is 0 Å². The van der Waals surface area contributed by atoms with Gasteiger partial charge in [0.2, 0.25) is 0 Å². The molecule has 3 unspecified atom stereocenters. The van der Waals surface area contributed by atoms with Crippen LogP contribution in [0, 0.1) is 17.8 Å². The fraction of sp³-hybridized carbons (Fsp3) is 1.00. The largest absolute Gasteiger partial charge is 0.314 e. The fourth-order valence-corrected chi connectivity index (χ4v) is 2.63. The molecule has 1 heteroatoms. The minimum atomic E-state index is 0.810. The average Bonchev–Trinajstić information content (AvgIpc) is 2.96. The molecule has 0 heterocycles. The molecule has 1 aliphatic rings. The van der Waals surface area contributed by atoms with Crippen LogP contribution in [-0.2, 0) is 0 Å². The van der Waals surface area contributed by atoms with E-state index in [2.05, 4.69) is 33.0 Å². The summed E-state index contributed by atoms with van der Waals surface area (Å²) < 4.78 is 0. The third kappa shape index (κ3) is 4.14. The van der Waals surface area contributed by atoms with Crippen molar-refractivity contribution in [1.29, 1.82) is 0 Å². The lowest BCUT2D eigenvalue weighted by Gasteiger charge is -2.23. The monoisotopic (exact) mass is 211 g/mol. The quantitative estimate of drug-likeness (QED) is 0.643. The van der Waals surface area contributed by atoms with Crippen LogP contribution in [0.3, 0.4) is 0 Å². The van der Waals surface area contributed by atoms with Crippen molar-refractivity contribution in [2.45, 2.75) is 65.8 Å². The van der Waals surface area contributed by atoms with Crippen LogP contribution in [0.5, 0.6) is 0 Å². The van der Waals surface area contributed by atoms with Crippen molar-refractivity contribution in [3.05, 3.63) is 0 Å². The molecular formula is C14H29N. The molecule has 0 radical (unpaired) electrons. The van der Waals surface area contributed by atoms with E-state index in [0.29, 0.717) is 0 Å². The minimum Gasteiger partial charge on any atom is -0.314 e. The zero-order valence-electron chi connectivity index (χ0n) is 11.1. The second kappa shape index (κ2) is 6.52. The first kappa shape index (κ1) is 13.0. The van der Waals surface area contributed by atoms with Crippen molar-refractivity contribution in [3.63, 3.8) is 0 Å². The van der Waals surface area contributed by atoms with Gasteiger partial charge in [0.15, 0.2) is 0 Å². The SMILES string of the molecule is CCCNC(CC(CC)CC)C1CC1C. The molecule has 0 aromatic carbocycles. The van der Waals surface area contributed by atoms with Crippen molar-refractivity contribution < 1.29 is 0 Å². The molecule has 1 fully saturated rings. The zero-order chi connectivity index (χ0) is 11.3. The first-order chi connectivity index (χ1) is 7.22. The first-order valence-electron chi connectivity index (χ1n) is 6.96. The summed E-state index contributed by atoms with van der Waals surface area (Å²) in [6.07, 6.45) is 6.83. The Balaban J connectivity index is 2.34. The average molecular weight is 211 g/mol. The molecule has 0 bridgehead atoms. The number of nitrogens with one attached hydrogen (secondary N) is 1. The molecule has 15 heavy (non-hydrogen) atoms. The van der Waals surface area contributed by atoms with Crippen LogP contribution in [-0.4, -0.2) is 12.6 Å². The summed E-state index contributed by atoms with van der Waals surface area (Å²) >= 11 is 0. The molecule has 0 saturated heterocycles. The smallest absolute Gasteiger partial charge is 0.0101 e. The second-order valence-electron chi connectivity index (χ2n) is 5.36. The van der Waals surface area contributed by atoms with Gasteiger partial charge in [0, 0.05) is 6.04 Å². The third-order valence-electron chi connectivity index (χ3n) is 4.09. The van der Waals surface area contributed by atoms with Crippen molar-refractivity contribution in [2.75, 3.05) is 6.54 Å². The Morgan fingerprint density at radius 1 is 1.20 bits per heavy atom. The molecule has 0 aromatic rings. The lowest BCUT2D eigenvalue weighted by Crippen LogP contribution is -2.34. The second-order valence-corrected chi connectivity index (χ2v) is 5.36. The molecule has 1 aliphatic carbocycles. The Morgan fingerprint density at radius 2 is 1.80 bits per heavy atom. The molecule has 0 aliphatic heterocycles. The summed E-state index contributed by atoms with van der Waals surface area (Å²) in [4.78, 5) is 0. The molecule has 90 valence electrons. The highest BCUT2D eigenvalue weighted by Gasteiger charge is 2.39. The Bertz CT molecular complexity index is 163. The van der Waals surface area contributed by atoms with Crippen molar-refractivity contribution >= 4 is 0 Å². The van der Waals surface area contributed by atoms with Gasteiger partial charge in [0.05, 0.1) is 0 Å². The lowest BCUT2D eigenvalue weighted by molar-refractivity contribution is 0.333. The lowest BCUT2D eigenvalue weighted by atomic mass is 9.92. The predicted octanol–water partition coefficient (Wildman–Crippen LogP) is 3.84. The standard InChI is InChI=1S/C14H29N/c1-5-8-15-14(13-9-11(13)4)10-12(6-2)7-3/h11-15H,5-10H2,1-4H3. The van der Waals surface area contributed by atoms with Crippen molar-refractivity contribution in [1.82, 2.24) is 5.32 Å². The summed E-state index contributed by atoms with van der Waals surface area (Å²) in [6.45, 7) is 10.5. The van der Waals surface area contributed by atoms with Crippen LogP contribution in [0.2, 0.25) is 0 Å². The van der Waals surface area contributed by atoms with E-state index in [1.807, 2.05) is 0 Å². The molecule has 0 amide bonds. The van der Waals surface area contributed by atoms with Gasteiger partial charge >= 0.3 is 0 Å². The molecular weight excluding hydrogens is 182 g/mol. The van der Waals surface area contributed by atoms with Gasteiger partial charge < -0.3 is 5.32 Å². The Labute approximate surface area is 96.0 Å². The van der Waals surface area contributed by atoms with Gasteiger partial charge in [-0.2, -0.15) is 0 Å². The van der Waals surface area contributed by atoms with E-state index >= 15 is 0 Å². The van der Waals surface area contributed by atoms with Crippen LogP contribution in [0.25, 0.3) is 0 Å². The Morgan fingerprint density at radius 3 is 2.20 bits per heavy atom. The maximum Gasteiger partial charge on any atom is 0.0101 e. The van der Waals surface area contributed by atoms with Crippen LogP contribution < -0.4 is 5.32 Å². The molecule has 3 atom stereocenters. The minimum absolute atomic E-state index is 0.810. The maximum absolute atomic E-state index is 3.76. The van der Waals surface area contributed by atoms with Gasteiger partial charge in [0.25, 0.3) is 0 Å². The number of hydrogen-bond acceptors (Lipinski definition) is 1. The summed E-state index contributed by atoms with van der Waals surface area (Å²) in [6, 6.07) is 0.810. The first-order valence-corrected chi connectivity index (χ1v) is 6.96. The van der Waals surface area contributed by atoms with Gasteiger partial charge in [-0.1, -0.05) is 40.5 Å². The predicted molar refractivity (Wildman–Crippen MR) is 68.0 cm³/mol. The molecule has 1 nitrogen and oxygen atoms in total. The molecule has 1 saturated carbocycles. The fourth-order valence-electron chi connectivity index (χ4n) is 2.63. The molecule has 0 aromatic heterocycles. The van der Waals surface area contributed by atoms with E-state index < -0.39 is 0 Å². The zero-order valence-corrected chi connectivity index (χ0v) is 11.1. The van der Waals surface area contributed by atoms with E-state index in [9.17, 15) is 0 Å². The maximum atomic E-state index is 3.76. The van der Waals surface area contributed by atoms with Gasteiger partial charge in [-0.05, 0) is 43.6 Å². The van der Waals surface area contributed by atoms with Crippen LogP contribution >= 0.6 is 0 Å². The highest BCUT2D eigenvalue weighted by molar-refractivity contribution is 4.93. The van der Waals surface area contributed by atoms with Gasteiger partial charge in [-0.25, -0.2) is 0 Å². The van der Waals surface area contributed by atoms with Gasteiger partial charge in [-0.15, -0.1) is 0 Å². The third-order valence-corrected chi connectivity index (χ3v) is 4.09. The van der Waals surface area contributed by atoms with E-state index in [0.717, 1.165) is 23.8 Å². The van der Waals surface area contributed by atoms with E-state index in [1.165, 1.54) is 38.6 Å². The molecule has 1 rings (SSSR count). The van der Waals surface area contributed by atoms with Gasteiger partial charge in [-0.3, -0.25) is 0 Å². The molecule has 0 spiro atoms. The Hall–Kier alpha value is -0.0400. The molecule has 1 N–H and O–H groups in total. The highest BCUT2D eigenvalue weighted by Crippen LogP contribution is 2.42. The number of hydrogen-bond donors (Lipinski definition) is 1. The topological polar surface area (TPSA) is 12.0 Å². The summed E-state index contributed by atoms with van der Waals surface area (Å²) in [5.41, 5.74) is 0. The van der Waals surface area contributed by atoms with Crippen LogP contribution in [0.1, 0.15) is 59.8 Å². The van der Waals surface area contributed by atoms with E-state index in [-0.39, 0.29) is 0 Å². The van der Waals surface area contributed by atoms with Crippen molar-refractivity contribution in [3.8, 4) is 0 Å². The summed E-state index contributed by atoms with van der Waals surface area (Å²) in [5, 5.41) is 3.76. The van der Waals surface area contributed by atoms with E-state index in [1.54, 1.807) is 0 Å². The summed E-state index contributed by atoms with van der Waals surface area (Å²) in [5.74, 6) is 2.90.